The van der Waals surface area contributed by atoms with Crippen LogP contribution in [-0.4, -0.2) is 11.5 Å². The molecule has 1 aliphatic rings. The molecule has 1 aromatic carbocycles. The van der Waals surface area contributed by atoms with Crippen LogP contribution in [0.4, 0.5) is 0 Å². The first-order valence-corrected chi connectivity index (χ1v) is 7.25. The van der Waals surface area contributed by atoms with Gasteiger partial charge in [0.05, 0.1) is 0 Å². The molecule has 0 N–H and O–H groups in total. The van der Waals surface area contributed by atoms with Crippen molar-refractivity contribution in [3.8, 4) is 0 Å². The smallest absolute Gasteiger partial charge is 0.0532 e. The van der Waals surface area contributed by atoms with E-state index in [4.69, 9.17) is 0 Å². The summed E-state index contributed by atoms with van der Waals surface area (Å²) in [4.78, 5) is 0. The number of rotatable bonds is 2. The monoisotopic (exact) mass is 257 g/mol. The summed E-state index contributed by atoms with van der Waals surface area (Å²) in [6.45, 7) is 0. The van der Waals surface area contributed by atoms with E-state index in [1.165, 1.54) is 40.1 Å². The second kappa shape index (κ2) is 4.52. The van der Waals surface area contributed by atoms with Crippen molar-refractivity contribution in [3.05, 3.63) is 34.3 Å². The molecule has 70 valence electrons. The summed E-state index contributed by atoms with van der Waals surface area (Å²) >= 11 is 3.46. The van der Waals surface area contributed by atoms with E-state index in [0.29, 0.717) is 10.9 Å². The highest BCUT2D eigenvalue weighted by Crippen LogP contribution is 2.19. The Balaban J connectivity index is 1.97. The molecule has 0 unspecified atom stereocenters. The summed E-state index contributed by atoms with van der Waals surface area (Å²) in [5, 5.41) is 0. The first-order chi connectivity index (χ1) is 6.34. The summed E-state index contributed by atoms with van der Waals surface area (Å²) in [6.07, 6.45) is 2.92. The van der Waals surface area contributed by atoms with Gasteiger partial charge in [0.1, 0.15) is 17.3 Å². The van der Waals surface area contributed by atoms with E-state index in [1.54, 1.807) is 0 Å². The van der Waals surface area contributed by atoms with Crippen molar-refractivity contribution in [1.82, 2.24) is 0 Å². The van der Waals surface area contributed by atoms with Crippen LogP contribution in [0, 0.1) is 0 Å². The van der Waals surface area contributed by atoms with Crippen LogP contribution in [0.1, 0.15) is 18.4 Å². The molecule has 0 aliphatic carbocycles. The highest BCUT2D eigenvalue weighted by Gasteiger charge is 2.23. The van der Waals surface area contributed by atoms with E-state index in [-0.39, 0.29) is 0 Å². The fourth-order valence-corrected chi connectivity index (χ4v) is 4.32. The molecule has 1 saturated heterocycles. The van der Waals surface area contributed by atoms with Gasteiger partial charge in [0, 0.05) is 10.0 Å². The number of hydrogen-bond donors (Lipinski definition) is 0. The van der Waals surface area contributed by atoms with Gasteiger partial charge >= 0.3 is 0 Å². The zero-order valence-corrected chi connectivity index (χ0v) is 10.0. The fraction of sp³-hybridized carbons (Fsp3) is 0.455. The van der Waals surface area contributed by atoms with Crippen molar-refractivity contribution in [1.29, 1.82) is 0 Å². The molecule has 1 aromatic rings. The van der Waals surface area contributed by atoms with Crippen LogP contribution in [0.15, 0.2) is 28.7 Å². The Kier molecular flexibility index (Phi) is 3.33. The predicted molar refractivity (Wildman–Crippen MR) is 64.2 cm³/mol. The third-order valence-corrected chi connectivity index (χ3v) is 5.40. The molecule has 13 heavy (non-hydrogen) atoms. The lowest BCUT2D eigenvalue weighted by Crippen LogP contribution is -2.06. The fourth-order valence-electron chi connectivity index (χ4n) is 1.68. The molecule has 2 heteroatoms. The molecule has 0 atom stereocenters. The molecule has 1 heterocycles. The van der Waals surface area contributed by atoms with E-state index in [0.717, 1.165) is 0 Å². The minimum atomic E-state index is 0.700. The Hall–Kier alpha value is 0.0500. The lowest BCUT2D eigenvalue weighted by Gasteiger charge is -2.00. The van der Waals surface area contributed by atoms with Crippen molar-refractivity contribution >= 4 is 26.8 Å². The minimum absolute atomic E-state index is 0.700. The third-order valence-electron chi connectivity index (χ3n) is 2.40. The zero-order valence-electron chi connectivity index (χ0n) is 7.63. The predicted octanol–water partition coefficient (Wildman–Crippen LogP) is 3.36. The minimum Gasteiger partial charge on any atom is -0.0532 e. The Morgan fingerprint density at radius 2 is 1.69 bits per heavy atom. The van der Waals surface area contributed by atoms with Crippen LogP contribution in [0.3, 0.4) is 0 Å². The molecule has 0 nitrogen and oxygen atoms in total. The lowest BCUT2D eigenvalue weighted by molar-refractivity contribution is 0.949. The van der Waals surface area contributed by atoms with Gasteiger partial charge in [-0.1, -0.05) is 28.1 Å². The maximum atomic E-state index is 3.46. The van der Waals surface area contributed by atoms with Gasteiger partial charge in [-0.15, -0.1) is 0 Å². The first-order valence-electron chi connectivity index (χ1n) is 4.73. The van der Waals surface area contributed by atoms with Crippen LogP contribution < -0.4 is 0 Å². The van der Waals surface area contributed by atoms with Crippen LogP contribution in [0.2, 0.25) is 0 Å². The Morgan fingerprint density at radius 1 is 1.08 bits per heavy atom. The molecule has 0 bridgehead atoms. The van der Waals surface area contributed by atoms with E-state index in [9.17, 15) is 0 Å². The maximum Gasteiger partial charge on any atom is 0.133 e. The number of benzene rings is 1. The zero-order chi connectivity index (χ0) is 9.10. The van der Waals surface area contributed by atoms with Crippen molar-refractivity contribution < 1.29 is 0 Å². The SMILES string of the molecule is Brc1ccc(C[S+]2CCCC2)cc1. The Morgan fingerprint density at radius 3 is 2.31 bits per heavy atom. The van der Waals surface area contributed by atoms with Gasteiger partial charge in [-0.05, 0) is 35.9 Å². The Bertz CT molecular complexity index is 262. The van der Waals surface area contributed by atoms with Gasteiger partial charge in [0.2, 0.25) is 0 Å². The number of halogens is 1. The second-order valence-electron chi connectivity index (χ2n) is 3.50. The topological polar surface area (TPSA) is 0 Å². The van der Waals surface area contributed by atoms with Crippen molar-refractivity contribution in [2.45, 2.75) is 18.6 Å². The molecule has 1 aliphatic heterocycles. The summed E-state index contributed by atoms with van der Waals surface area (Å²) in [7, 11) is 0.700. The molecule has 1 fully saturated rings. The summed E-state index contributed by atoms with van der Waals surface area (Å²) < 4.78 is 1.19. The lowest BCUT2D eigenvalue weighted by atomic mass is 10.2. The highest BCUT2D eigenvalue weighted by atomic mass is 79.9. The molecule has 0 amide bonds. The molecule has 0 spiro atoms. The maximum absolute atomic E-state index is 3.46. The van der Waals surface area contributed by atoms with Crippen LogP contribution in [-0.2, 0) is 16.6 Å². The van der Waals surface area contributed by atoms with Gasteiger partial charge in [-0.2, -0.15) is 0 Å². The van der Waals surface area contributed by atoms with E-state index in [2.05, 4.69) is 40.2 Å². The highest BCUT2D eigenvalue weighted by molar-refractivity contribution is 9.10. The van der Waals surface area contributed by atoms with Gasteiger partial charge in [0.25, 0.3) is 0 Å². The van der Waals surface area contributed by atoms with Crippen molar-refractivity contribution in [2.75, 3.05) is 11.5 Å². The first kappa shape index (κ1) is 9.60. The van der Waals surface area contributed by atoms with Crippen LogP contribution in [0.25, 0.3) is 0 Å². The quantitative estimate of drug-likeness (QED) is 0.713. The van der Waals surface area contributed by atoms with Crippen LogP contribution in [0.5, 0.6) is 0 Å². The Labute approximate surface area is 91.2 Å². The van der Waals surface area contributed by atoms with E-state index in [1.807, 2.05) is 0 Å². The molecule has 0 saturated carbocycles. The van der Waals surface area contributed by atoms with Crippen molar-refractivity contribution in [3.63, 3.8) is 0 Å². The molecular weight excluding hydrogens is 244 g/mol. The average Bonchev–Trinajstić information content (AvgIpc) is 2.62. The third kappa shape index (κ3) is 2.75. The normalized spacial score (nSPS) is 17.9. The summed E-state index contributed by atoms with van der Waals surface area (Å²) in [5.74, 6) is 4.25. The second-order valence-corrected chi connectivity index (χ2v) is 6.74. The molecule has 2 rings (SSSR count). The number of hydrogen-bond acceptors (Lipinski definition) is 0. The average molecular weight is 258 g/mol. The summed E-state index contributed by atoms with van der Waals surface area (Å²) in [6, 6.07) is 8.79. The molecular formula is C11H14BrS+. The van der Waals surface area contributed by atoms with E-state index < -0.39 is 0 Å². The van der Waals surface area contributed by atoms with Crippen LogP contribution >= 0.6 is 15.9 Å². The standard InChI is InChI=1S/C11H14BrS/c12-11-5-3-10(4-6-11)9-13-7-1-2-8-13/h3-6H,1-2,7-9H2/q+1. The van der Waals surface area contributed by atoms with Crippen molar-refractivity contribution in [2.24, 2.45) is 0 Å². The molecule has 0 aromatic heterocycles. The van der Waals surface area contributed by atoms with E-state index >= 15 is 0 Å². The van der Waals surface area contributed by atoms with Gasteiger partial charge in [-0.25, -0.2) is 0 Å². The van der Waals surface area contributed by atoms with Gasteiger partial charge in [-0.3, -0.25) is 0 Å². The largest absolute Gasteiger partial charge is 0.133 e. The summed E-state index contributed by atoms with van der Waals surface area (Å²) in [5.41, 5.74) is 1.51. The molecule has 0 radical (unpaired) electrons. The van der Waals surface area contributed by atoms with Gasteiger partial charge in [0.15, 0.2) is 0 Å². The van der Waals surface area contributed by atoms with Gasteiger partial charge < -0.3 is 0 Å².